The number of hydrogen-bond acceptors (Lipinski definition) is 3. The summed E-state index contributed by atoms with van der Waals surface area (Å²) in [6.07, 6.45) is 0. The highest BCUT2D eigenvalue weighted by Gasteiger charge is 2.14. The van der Waals surface area contributed by atoms with E-state index >= 15 is 0 Å². The van der Waals surface area contributed by atoms with E-state index < -0.39 is 0 Å². The lowest BCUT2D eigenvalue weighted by atomic mass is 10.2. The first-order chi connectivity index (χ1) is 8.90. The molecule has 0 saturated heterocycles. The van der Waals surface area contributed by atoms with Crippen LogP contribution in [0, 0.1) is 13.8 Å². The molecule has 6 heteroatoms. The number of nitrogens with one attached hydrogen (secondary N) is 1. The van der Waals surface area contributed by atoms with E-state index in [0.717, 1.165) is 21.5 Å². The molecule has 1 heterocycles. The summed E-state index contributed by atoms with van der Waals surface area (Å²) in [5.74, 6) is -0.196. The van der Waals surface area contributed by atoms with Crippen LogP contribution in [0.1, 0.15) is 21.7 Å². The molecule has 0 saturated carbocycles. The lowest BCUT2D eigenvalue weighted by molar-refractivity contribution is 0.102. The van der Waals surface area contributed by atoms with Crippen LogP contribution in [0.2, 0.25) is 0 Å². The third-order valence-corrected chi connectivity index (χ3v) is 3.73. The van der Waals surface area contributed by atoms with Gasteiger partial charge in [-0.05, 0) is 48.0 Å². The topological polar surface area (TPSA) is 72.9 Å². The second-order valence-electron chi connectivity index (χ2n) is 4.36. The molecule has 3 N–H and O–H groups in total. The number of carbonyl (C=O) groups is 1. The number of nitrogens with zero attached hydrogens (tertiary/aromatic N) is 2. The number of benzene rings is 1. The minimum absolute atomic E-state index is 0.196. The second-order valence-corrected chi connectivity index (χ2v) is 5.21. The molecule has 2 rings (SSSR count). The van der Waals surface area contributed by atoms with Crippen molar-refractivity contribution < 1.29 is 4.79 Å². The SMILES string of the molecule is Cc1nn(C)c(C)c1NC(=O)c1ccc(Br)c(N)c1. The number of nitrogens with two attached hydrogens (primary N) is 1. The summed E-state index contributed by atoms with van der Waals surface area (Å²) in [6, 6.07) is 5.12. The highest BCUT2D eigenvalue weighted by molar-refractivity contribution is 9.10. The summed E-state index contributed by atoms with van der Waals surface area (Å²) in [4.78, 5) is 12.2. The molecule has 100 valence electrons. The number of anilines is 2. The normalized spacial score (nSPS) is 10.5. The molecule has 0 radical (unpaired) electrons. The molecule has 0 aliphatic rings. The zero-order valence-corrected chi connectivity index (χ0v) is 12.6. The van der Waals surface area contributed by atoms with Gasteiger partial charge in [0.1, 0.15) is 0 Å². The van der Waals surface area contributed by atoms with Gasteiger partial charge >= 0.3 is 0 Å². The van der Waals surface area contributed by atoms with E-state index in [2.05, 4.69) is 26.3 Å². The van der Waals surface area contributed by atoms with E-state index in [1.54, 1.807) is 22.9 Å². The average molecular weight is 323 g/mol. The maximum atomic E-state index is 12.2. The second kappa shape index (κ2) is 5.05. The number of aromatic nitrogens is 2. The predicted molar refractivity (Wildman–Crippen MR) is 79.2 cm³/mol. The molecule has 2 aromatic rings. The third kappa shape index (κ3) is 2.63. The lowest BCUT2D eigenvalue weighted by Gasteiger charge is -2.07. The Morgan fingerprint density at radius 3 is 2.63 bits per heavy atom. The van der Waals surface area contributed by atoms with E-state index in [0.29, 0.717) is 11.3 Å². The van der Waals surface area contributed by atoms with Gasteiger partial charge in [-0.1, -0.05) is 0 Å². The highest BCUT2D eigenvalue weighted by atomic mass is 79.9. The van der Waals surface area contributed by atoms with Crippen molar-refractivity contribution >= 4 is 33.2 Å². The first kappa shape index (κ1) is 13.6. The van der Waals surface area contributed by atoms with E-state index in [-0.39, 0.29) is 5.91 Å². The minimum atomic E-state index is -0.196. The van der Waals surface area contributed by atoms with Crippen LogP contribution in [0.4, 0.5) is 11.4 Å². The van der Waals surface area contributed by atoms with E-state index in [9.17, 15) is 4.79 Å². The Balaban J connectivity index is 2.28. The molecular formula is C13H15BrN4O. The molecule has 0 aliphatic heterocycles. The molecule has 1 amide bonds. The Hall–Kier alpha value is -1.82. The molecule has 1 aromatic heterocycles. The molecular weight excluding hydrogens is 308 g/mol. The summed E-state index contributed by atoms with van der Waals surface area (Å²) >= 11 is 3.30. The Morgan fingerprint density at radius 1 is 1.42 bits per heavy atom. The number of nitrogen functional groups attached to an aromatic ring is 1. The fourth-order valence-corrected chi connectivity index (χ4v) is 2.07. The van der Waals surface area contributed by atoms with Gasteiger partial charge in [0.25, 0.3) is 5.91 Å². The smallest absolute Gasteiger partial charge is 0.255 e. The molecule has 0 atom stereocenters. The van der Waals surface area contributed by atoms with Gasteiger partial charge in [-0.3, -0.25) is 9.48 Å². The molecule has 5 nitrogen and oxygen atoms in total. The van der Waals surface area contributed by atoms with Crippen LogP contribution in [-0.4, -0.2) is 15.7 Å². The number of rotatable bonds is 2. The molecule has 0 fully saturated rings. The van der Waals surface area contributed by atoms with E-state index in [1.165, 1.54) is 0 Å². The first-order valence-corrected chi connectivity index (χ1v) is 6.56. The van der Waals surface area contributed by atoms with E-state index in [4.69, 9.17) is 5.73 Å². The van der Waals surface area contributed by atoms with Crippen LogP contribution in [0.5, 0.6) is 0 Å². The van der Waals surface area contributed by atoms with Crippen LogP contribution >= 0.6 is 15.9 Å². The van der Waals surface area contributed by atoms with Crippen LogP contribution < -0.4 is 11.1 Å². The molecule has 0 unspecified atom stereocenters. The number of amides is 1. The Kier molecular flexibility index (Phi) is 3.61. The van der Waals surface area contributed by atoms with Crippen LogP contribution in [0.15, 0.2) is 22.7 Å². The van der Waals surface area contributed by atoms with Gasteiger partial charge in [-0.2, -0.15) is 5.10 Å². The fourth-order valence-electron chi connectivity index (χ4n) is 1.83. The number of aryl methyl sites for hydroxylation is 2. The van der Waals surface area contributed by atoms with Crippen molar-refractivity contribution in [3.8, 4) is 0 Å². The Morgan fingerprint density at radius 2 is 2.11 bits per heavy atom. The number of carbonyl (C=O) groups excluding carboxylic acids is 1. The first-order valence-electron chi connectivity index (χ1n) is 5.76. The minimum Gasteiger partial charge on any atom is -0.398 e. The van der Waals surface area contributed by atoms with Gasteiger partial charge < -0.3 is 11.1 Å². The van der Waals surface area contributed by atoms with Crippen molar-refractivity contribution in [1.29, 1.82) is 0 Å². The molecule has 0 bridgehead atoms. The van der Waals surface area contributed by atoms with E-state index in [1.807, 2.05) is 20.9 Å². The van der Waals surface area contributed by atoms with Gasteiger partial charge in [0.05, 0.1) is 17.1 Å². The van der Waals surface area contributed by atoms with Crippen molar-refractivity contribution in [3.63, 3.8) is 0 Å². The summed E-state index contributed by atoms with van der Waals surface area (Å²) < 4.78 is 2.51. The van der Waals surface area contributed by atoms with Gasteiger partial charge in [0.15, 0.2) is 0 Å². The Labute approximate surface area is 119 Å². The predicted octanol–water partition coefficient (Wildman–Crippen LogP) is 2.63. The number of hydrogen-bond donors (Lipinski definition) is 2. The third-order valence-electron chi connectivity index (χ3n) is 3.01. The van der Waals surface area contributed by atoms with Gasteiger partial charge in [-0.25, -0.2) is 0 Å². The molecule has 0 spiro atoms. The van der Waals surface area contributed by atoms with Crippen molar-refractivity contribution in [2.24, 2.45) is 7.05 Å². The maximum absolute atomic E-state index is 12.2. The largest absolute Gasteiger partial charge is 0.398 e. The van der Waals surface area contributed by atoms with Crippen molar-refractivity contribution in [1.82, 2.24) is 9.78 Å². The van der Waals surface area contributed by atoms with Crippen LogP contribution in [0.3, 0.4) is 0 Å². The monoisotopic (exact) mass is 322 g/mol. The Bertz CT molecular complexity index is 648. The molecule has 0 aliphatic carbocycles. The summed E-state index contributed by atoms with van der Waals surface area (Å²) in [5.41, 5.74) is 9.27. The fraction of sp³-hybridized carbons (Fsp3) is 0.231. The molecule has 1 aromatic carbocycles. The summed E-state index contributed by atoms with van der Waals surface area (Å²) in [5, 5.41) is 7.13. The van der Waals surface area contributed by atoms with Crippen LogP contribution in [0.25, 0.3) is 0 Å². The summed E-state index contributed by atoms with van der Waals surface area (Å²) in [7, 11) is 1.84. The quantitative estimate of drug-likeness (QED) is 0.835. The lowest BCUT2D eigenvalue weighted by Crippen LogP contribution is -2.13. The highest BCUT2D eigenvalue weighted by Crippen LogP contribution is 2.22. The van der Waals surface area contributed by atoms with Gasteiger partial charge in [0, 0.05) is 22.8 Å². The maximum Gasteiger partial charge on any atom is 0.255 e. The van der Waals surface area contributed by atoms with Gasteiger partial charge in [-0.15, -0.1) is 0 Å². The molecule has 19 heavy (non-hydrogen) atoms. The zero-order chi connectivity index (χ0) is 14.2. The van der Waals surface area contributed by atoms with Gasteiger partial charge in [0.2, 0.25) is 0 Å². The average Bonchev–Trinajstić information content (AvgIpc) is 2.59. The number of halogens is 1. The standard InChI is InChI=1S/C13H15BrN4O/c1-7-12(8(2)18(3)17-7)16-13(19)9-4-5-10(14)11(15)6-9/h4-6H,15H2,1-3H3,(H,16,19). The van der Waals surface area contributed by atoms with Crippen molar-refractivity contribution in [2.45, 2.75) is 13.8 Å². The zero-order valence-electron chi connectivity index (χ0n) is 11.0. The van der Waals surface area contributed by atoms with Crippen molar-refractivity contribution in [3.05, 3.63) is 39.6 Å². The van der Waals surface area contributed by atoms with Crippen molar-refractivity contribution in [2.75, 3.05) is 11.1 Å². The summed E-state index contributed by atoms with van der Waals surface area (Å²) in [6.45, 7) is 3.77. The van der Waals surface area contributed by atoms with Crippen LogP contribution in [-0.2, 0) is 7.05 Å².